The molecule has 7 heteroatoms. The summed E-state index contributed by atoms with van der Waals surface area (Å²) in [5, 5.41) is 4.63. The molecule has 2 amide bonds. The molecular formula is C23H13N3O3Ru-2. The van der Waals surface area contributed by atoms with E-state index in [1.54, 1.807) is 18.3 Å². The minimum Gasteiger partial charge on any atom is -0.214 e. The zero-order valence-corrected chi connectivity index (χ0v) is 17.1. The van der Waals surface area contributed by atoms with Gasteiger partial charge in [-0.05, 0) is 16.8 Å². The van der Waals surface area contributed by atoms with Gasteiger partial charge < -0.3 is 4.98 Å². The number of amides is 2. The van der Waals surface area contributed by atoms with E-state index in [1.807, 2.05) is 54.6 Å². The van der Waals surface area contributed by atoms with E-state index < -0.39 is 0 Å². The molecule has 0 bridgehead atoms. The Morgan fingerprint density at radius 1 is 0.900 bits per heavy atom. The van der Waals surface area contributed by atoms with Crippen molar-refractivity contribution in [1.82, 2.24) is 15.3 Å². The van der Waals surface area contributed by atoms with Gasteiger partial charge >= 0.3 is 11.3 Å². The summed E-state index contributed by atoms with van der Waals surface area (Å²) in [5.74, 6) is -0.737. The molecule has 5 aromatic rings. The van der Waals surface area contributed by atoms with Crippen LogP contribution < -0.4 is 10.3 Å². The van der Waals surface area contributed by atoms with Gasteiger partial charge in [-0.3, -0.25) is 19.9 Å². The SMILES string of the molecule is O=C1NC(=O)c2c1c1cccnc1c1[n-]c3ccccc3c21.[C-]#[O+].[Ru].c1cc[cH-]c1. The maximum absolute atomic E-state index is 12.3. The van der Waals surface area contributed by atoms with Gasteiger partial charge in [-0.15, -0.1) is 11.0 Å². The van der Waals surface area contributed by atoms with Gasteiger partial charge in [-0.25, -0.2) is 12.1 Å². The third-order valence-corrected chi connectivity index (χ3v) is 4.68. The van der Waals surface area contributed by atoms with Crippen LogP contribution in [0.25, 0.3) is 32.7 Å². The predicted octanol–water partition coefficient (Wildman–Crippen LogP) is 3.75. The zero-order valence-electron chi connectivity index (χ0n) is 15.4. The molecule has 0 spiro atoms. The second kappa shape index (κ2) is 8.89. The molecule has 1 aliphatic rings. The van der Waals surface area contributed by atoms with E-state index in [9.17, 15) is 9.59 Å². The van der Waals surface area contributed by atoms with Crippen molar-refractivity contribution < 1.29 is 33.7 Å². The number of para-hydroxylation sites is 1. The number of benzene rings is 2. The standard InChI is InChI=1S/C17H9N3O2.C5H5.CO.Ru/c21-16-12-9-5-3-7-18-14(9)15-11(13(12)17(22)20-16)8-4-1-2-6-10(8)19-15;1-2-4-5-3-1;1-2;/h1-7H,(H2,18,19,20,21,22);1-5H;;/q;-1;;/p-1. The van der Waals surface area contributed by atoms with Crippen molar-refractivity contribution in [3.8, 4) is 0 Å². The van der Waals surface area contributed by atoms with Gasteiger partial charge in [0.25, 0.3) is 11.8 Å². The first-order chi connectivity index (χ1) is 14.3. The summed E-state index contributed by atoms with van der Waals surface area (Å²) in [4.78, 5) is 33.5. The molecule has 1 aliphatic heterocycles. The normalized spacial score (nSPS) is 11.7. The molecule has 0 atom stereocenters. The van der Waals surface area contributed by atoms with Gasteiger partial charge in [0.2, 0.25) is 0 Å². The minimum absolute atomic E-state index is 0. The second-order valence-corrected chi connectivity index (χ2v) is 6.25. The topological polar surface area (TPSA) is 93.1 Å². The van der Waals surface area contributed by atoms with Gasteiger partial charge in [0.15, 0.2) is 0 Å². The Morgan fingerprint density at radius 3 is 2.27 bits per heavy atom. The van der Waals surface area contributed by atoms with Crippen molar-refractivity contribution in [3.05, 3.63) is 90.7 Å². The summed E-state index contributed by atoms with van der Waals surface area (Å²) >= 11 is 0. The zero-order chi connectivity index (χ0) is 20.4. The first-order valence-electron chi connectivity index (χ1n) is 8.74. The van der Waals surface area contributed by atoms with Crippen molar-refractivity contribution in [2.45, 2.75) is 0 Å². The number of hydrogen-bond acceptors (Lipinski definition) is 3. The summed E-state index contributed by atoms with van der Waals surface area (Å²) in [6.07, 6.45) is 1.67. The molecule has 0 saturated carbocycles. The van der Waals surface area contributed by atoms with E-state index in [-0.39, 0.29) is 31.3 Å². The van der Waals surface area contributed by atoms with E-state index in [1.165, 1.54) is 0 Å². The summed E-state index contributed by atoms with van der Waals surface area (Å²) in [5.41, 5.74) is 2.93. The Bertz CT molecular complexity index is 1370. The van der Waals surface area contributed by atoms with E-state index >= 15 is 0 Å². The largest absolute Gasteiger partial charge is 0.214 e. The number of fused-ring (bicyclic) bond motifs is 8. The average Bonchev–Trinajstić information content (AvgIpc) is 3.50. The number of pyridine rings is 1. The van der Waals surface area contributed by atoms with Crippen LogP contribution in [0.2, 0.25) is 0 Å². The van der Waals surface area contributed by atoms with E-state index in [0.29, 0.717) is 32.9 Å². The van der Waals surface area contributed by atoms with Gasteiger partial charge in [0.05, 0.1) is 16.6 Å². The number of aromatic nitrogens is 2. The van der Waals surface area contributed by atoms with Crippen LogP contribution >= 0.6 is 0 Å². The second-order valence-electron chi connectivity index (χ2n) is 6.25. The van der Waals surface area contributed by atoms with E-state index in [2.05, 4.69) is 21.9 Å². The van der Waals surface area contributed by atoms with Gasteiger partial charge in [-0.2, -0.15) is 18.2 Å². The number of imide groups is 1. The van der Waals surface area contributed by atoms with Crippen molar-refractivity contribution in [2.24, 2.45) is 0 Å². The van der Waals surface area contributed by atoms with E-state index in [4.69, 9.17) is 4.65 Å². The van der Waals surface area contributed by atoms with Crippen molar-refractivity contribution in [1.29, 1.82) is 0 Å². The van der Waals surface area contributed by atoms with Crippen LogP contribution in [0.1, 0.15) is 20.7 Å². The van der Waals surface area contributed by atoms with Crippen LogP contribution in [0.3, 0.4) is 0 Å². The molecule has 3 heterocycles. The Balaban J connectivity index is 0.000000279. The molecule has 0 aliphatic carbocycles. The Morgan fingerprint density at radius 2 is 1.57 bits per heavy atom. The van der Waals surface area contributed by atoms with E-state index in [0.717, 1.165) is 10.9 Å². The molecule has 0 fully saturated rings. The molecular weight excluding hydrogens is 467 g/mol. The summed E-state index contributed by atoms with van der Waals surface area (Å²) in [6, 6.07) is 21.2. The average molecular weight is 480 g/mol. The Kier molecular flexibility index (Phi) is 6.29. The van der Waals surface area contributed by atoms with Crippen LogP contribution in [0.4, 0.5) is 0 Å². The van der Waals surface area contributed by atoms with Crippen LogP contribution in [0.15, 0.2) is 72.9 Å². The number of nitrogens with one attached hydrogen (secondary N) is 1. The minimum atomic E-state index is -0.370. The number of carbonyl (C=O) groups is 2. The van der Waals surface area contributed by atoms with Crippen LogP contribution in [-0.4, -0.2) is 16.8 Å². The number of hydrogen-bond donors (Lipinski definition) is 1. The smallest absolute Gasteiger partial charge is 0 e. The van der Waals surface area contributed by atoms with Gasteiger partial charge in [0.1, 0.15) is 0 Å². The van der Waals surface area contributed by atoms with Crippen molar-refractivity contribution >= 4 is 44.5 Å². The third-order valence-electron chi connectivity index (χ3n) is 4.68. The quantitative estimate of drug-likeness (QED) is 0.158. The fourth-order valence-electron chi connectivity index (χ4n) is 3.58. The van der Waals surface area contributed by atoms with Crippen molar-refractivity contribution in [3.63, 3.8) is 0 Å². The number of rotatable bonds is 0. The molecule has 0 unspecified atom stereocenters. The first kappa shape index (κ1) is 21.2. The number of nitrogens with zero attached hydrogens (tertiary/aromatic N) is 2. The van der Waals surface area contributed by atoms with Crippen LogP contribution in [0.5, 0.6) is 0 Å². The van der Waals surface area contributed by atoms with Gasteiger partial charge in [0, 0.05) is 31.1 Å². The van der Waals surface area contributed by atoms with Crippen molar-refractivity contribution in [2.75, 3.05) is 0 Å². The molecule has 0 saturated heterocycles. The summed E-state index contributed by atoms with van der Waals surface area (Å²) in [7, 11) is 0. The van der Waals surface area contributed by atoms with Crippen LogP contribution in [-0.2, 0) is 24.1 Å². The Hall–Kier alpha value is -3.50. The monoisotopic (exact) mass is 481 g/mol. The van der Waals surface area contributed by atoms with Crippen LogP contribution in [0, 0.1) is 6.65 Å². The predicted molar refractivity (Wildman–Crippen MR) is 108 cm³/mol. The number of carbonyl (C=O) groups excluding carboxylic acids is 2. The third kappa shape index (κ3) is 3.36. The molecule has 3 aromatic carbocycles. The molecule has 2 aromatic heterocycles. The Labute approximate surface area is 184 Å². The molecule has 148 valence electrons. The summed E-state index contributed by atoms with van der Waals surface area (Å²) < 4.78 is 7.50. The molecule has 6 rings (SSSR count). The molecule has 6 nitrogen and oxygen atoms in total. The first-order valence-corrected chi connectivity index (χ1v) is 8.74. The van der Waals surface area contributed by atoms with Gasteiger partial charge in [-0.1, -0.05) is 30.3 Å². The molecule has 1 N–H and O–H groups in total. The molecule has 30 heavy (non-hydrogen) atoms. The fourth-order valence-corrected chi connectivity index (χ4v) is 3.58. The fraction of sp³-hybridized carbons (Fsp3) is 0. The maximum Gasteiger partial charge on any atom is 0 e. The summed E-state index contributed by atoms with van der Waals surface area (Å²) in [6.45, 7) is 4.50. The maximum atomic E-state index is 12.3. The molecule has 0 radical (unpaired) electrons.